The zero-order chi connectivity index (χ0) is 27.2. The van der Waals surface area contributed by atoms with Gasteiger partial charge in [0.25, 0.3) is 5.91 Å². The molecule has 1 aliphatic heterocycles. The summed E-state index contributed by atoms with van der Waals surface area (Å²) in [5, 5.41) is 3.41. The average molecular weight is 539 g/mol. The molecule has 2 aromatic carbocycles. The summed E-state index contributed by atoms with van der Waals surface area (Å²) in [6, 6.07) is 11.4. The van der Waals surface area contributed by atoms with Crippen LogP contribution in [0.3, 0.4) is 0 Å². The Bertz CT molecular complexity index is 1390. The number of hydrogen-bond acceptors (Lipinski definition) is 3. The minimum Gasteiger partial charge on any atom is -0.487 e. The molecule has 0 bridgehead atoms. The molecule has 5 rings (SSSR count). The van der Waals surface area contributed by atoms with Gasteiger partial charge in [0.2, 0.25) is 0 Å². The van der Waals surface area contributed by atoms with E-state index in [9.17, 15) is 14.0 Å². The van der Waals surface area contributed by atoms with Gasteiger partial charge in [-0.2, -0.15) is 0 Å². The molecule has 200 valence electrons. The van der Waals surface area contributed by atoms with Crippen LogP contribution in [0.25, 0.3) is 11.1 Å². The van der Waals surface area contributed by atoms with Gasteiger partial charge in [-0.25, -0.2) is 9.18 Å². The number of benzene rings is 2. The van der Waals surface area contributed by atoms with Crippen molar-refractivity contribution in [3.63, 3.8) is 0 Å². The molecular formula is C29H32ClFN4O3. The predicted octanol–water partition coefficient (Wildman–Crippen LogP) is 5.83. The third-order valence-corrected chi connectivity index (χ3v) is 7.15. The molecule has 38 heavy (non-hydrogen) atoms. The molecule has 2 aliphatic rings. The highest BCUT2D eigenvalue weighted by Gasteiger charge is 2.38. The number of amides is 3. The highest BCUT2D eigenvalue weighted by molar-refractivity contribution is 6.32. The lowest BCUT2D eigenvalue weighted by Crippen LogP contribution is -2.50. The predicted molar refractivity (Wildman–Crippen MR) is 145 cm³/mol. The Balaban J connectivity index is 1.48. The lowest BCUT2D eigenvalue weighted by molar-refractivity contribution is 0.0997. The van der Waals surface area contributed by atoms with Gasteiger partial charge in [-0.1, -0.05) is 29.8 Å². The molecule has 0 spiro atoms. The van der Waals surface area contributed by atoms with Crippen LogP contribution in [0.5, 0.6) is 5.75 Å². The number of nitrogens with zero attached hydrogens (tertiary/aromatic N) is 2. The summed E-state index contributed by atoms with van der Waals surface area (Å²) < 4.78 is 21.3. The van der Waals surface area contributed by atoms with E-state index in [2.05, 4.69) is 9.88 Å². The smallest absolute Gasteiger partial charge is 0.318 e. The number of nitrogens with one attached hydrogen (secondary N) is 1. The van der Waals surface area contributed by atoms with Crippen molar-refractivity contribution in [2.75, 3.05) is 6.54 Å². The number of primary amides is 1. The molecule has 3 amide bonds. The molecule has 3 N–H and O–H groups in total. The number of nitrogens with two attached hydrogens (primary N) is 1. The summed E-state index contributed by atoms with van der Waals surface area (Å²) >= 11 is 6.63. The fourth-order valence-corrected chi connectivity index (χ4v) is 5.25. The van der Waals surface area contributed by atoms with Crippen molar-refractivity contribution in [2.45, 2.75) is 64.8 Å². The second-order valence-corrected chi connectivity index (χ2v) is 11.4. The Kier molecular flexibility index (Phi) is 6.86. The first kappa shape index (κ1) is 26.1. The fourth-order valence-electron chi connectivity index (χ4n) is 5.02. The summed E-state index contributed by atoms with van der Waals surface area (Å²) in [6.07, 6.45) is 2.07. The first-order valence-corrected chi connectivity index (χ1v) is 13.2. The van der Waals surface area contributed by atoms with Crippen LogP contribution < -0.4 is 15.8 Å². The first-order chi connectivity index (χ1) is 18.0. The van der Waals surface area contributed by atoms with Gasteiger partial charge in [-0.05, 0) is 74.9 Å². The van der Waals surface area contributed by atoms with Crippen molar-refractivity contribution >= 4 is 23.5 Å². The molecule has 0 unspecified atom stereocenters. The molecule has 7 nitrogen and oxygen atoms in total. The number of carbonyl (C=O) groups excluding carboxylic acids is 2. The number of hydrogen-bond donors (Lipinski definition) is 2. The van der Waals surface area contributed by atoms with Crippen molar-refractivity contribution in [1.82, 2.24) is 14.8 Å². The summed E-state index contributed by atoms with van der Waals surface area (Å²) in [5.41, 5.74) is 10.3. The summed E-state index contributed by atoms with van der Waals surface area (Å²) in [5.74, 6) is -0.00937. The van der Waals surface area contributed by atoms with Crippen LogP contribution in [0.1, 0.15) is 66.8 Å². The zero-order valence-electron chi connectivity index (χ0n) is 21.8. The number of rotatable bonds is 6. The number of aromatic nitrogens is 1. The van der Waals surface area contributed by atoms with E-state index in [4.69, 9.17) is 22.1 Å². The zero-order valence-corrected chi connectivity index (χ0v) is 22.6. The van der Waals surface area contributed by atoms with Crippen LogP contribution >= 0.6 is 11.6 Å². The number of carbonyl (C=O) groups is 2. The quantitative estimate of drug-likeness (QED) is 0.414. The van der Waals surface area contributed by atoms with Gasteiger partial charge in [0.05, 0.1) is 22.8 Å². The standard InChI is InChI=1S/C29H32ClFN4O3/c1-29(2,3)33-28(37)34-12-13-35-22(15-34)25(27(32)36)24(26(35)18-6-7-18)19-8-11-23(21(30)14-19)38-16-17-4-9-20(31)10-5-17/h4-5,8-11,14,18H,6-7,12-13,15-16H2,1-3H3,(H2,32,36)(H,33,37). The van der Waals surface area contributed by atoms with E-state index in [0.717, 1.165) is 40.9 Å². The molecule has 2 heterocycles. The van der Waals surface area contributed by atoms with E-state index in [1.807, 2.05) is 26.8 Å². The van der Waals surface area contributed by atoms with E-state index >= 15 is 0 Å². The number of urea groups is 1. The summed E-state index contributed by atoms with van der Waals surface area (Å²) in [4.78, 5) is 27.5. The van der Waals surface area contributed by atoms with Crippen LogP contribution in [-0.4, -0.2) is 33.5 Å². The second kappa shape index (κ2) is 9.98. The molecule has 9 heteroatoms. The SMILES string of the molecule is CC(C)(C)NC(=O)N1CCn2c(c(C(N)=O)c(-c3ccc(OCc4ccc(F)cc4)c(Cl)c3)c2C2CC2)C1. The van der Waals surface area contributed by atoms with E-state index in [-0.39, 0.29) is 24.0 Å². The lowest BCUT2D eigenvalue weighted by Gasteiger charge is -2.33. The largest absolute Gasteiger partial charge is 0.487 e. The molecule has 0 saturated heterocycles. The van der Waals surface area contributed by atoms with Crippen molar-refractivity contribution in [3.8, 4) is 16.9 Å². The topological polar surface area (TPSA) is 89.6 Å². The highest BCUT2D eigenvalue weighted by Crippen LogP contribution is 2.49. The number of ether oxygens (including phenoxy) is 1. The van der Waals surface area contributed by atoms with Crippen LogP contribution in [0.2, 0.25) is 5.02 Å². The molecular weight excluding hydrogens is 507 g/mol. The van der Waals surface area contributed by atoms with Gasteiger partial charge in [-0.15, -0.1) is 0 Å². The maximum Gasteiger partial charge on any atom is 0.318 e. The van der Waals surface area contributed by atoms with Crippen molar-refractivity contribution < 1.29 is 18.7 Å². The van der Waals surface area contributed by atoms with Gasteiger partial charge in [0.15, 0.2) is 0 Å². The van der Waals surface area contributed by atoms with E-state index in [0.29, 0.717) is 41.9 Å². The Morgan fingerprint density at radius 3 is 2.45 bits per heavy atom. The van der Waals surface area contributed by atoms with E-state index in [1.165, 1.54) is 12.1 Å². The van der Waals surface area contributed by atoms with Gasteiger partial charge in [0, 0.05) is 29.9 Å². The van der Waals surface area contributed by atoms with Gasteiger partial charge >= 0.3 is 6.03 Å². The Hall–Kier alpha value is -3.52. The third kappa shape index (κ3) is 5.36. The highest BCUT2D eigenvalue weighted by atomic mass is 35.5. The minimum atomic E-state index is -0.526. The van der Waals surface area contributed by atoms with Crippen LogP contribution in [-0.2, 0) is 19.7 Å². The second-order valence-electron chi connectivity index (χ2n) is 11.0. The lowest BCUT2D eigenvalue weighted by atomic mass is 9.97. The summed E-state index contributed by atoms with van der Waals surface area (Å²) in [7, 11) is 0. The first-order valence-electron chi connectivity index (χ1n) is 12.8. The monoisotopic (exact) mass is 538 g/mol. The molecule has 0 radical (unpaired) electrons. The Labute approximate surface area is 226 Å². The van der Waals surface area contributed by atoms with Gasteiger partial charge in [0.1, 0.15) is 18.2 Å². The Morgan fingerprint density at radius 2 is 1.84 bits per heavy atom. The number of fused-ring (bicyclic) bond motifs is 1. The van der Waals surface area contributed by atoms with Crippen molar-refractivity contribution in [3.05, 3.63) is 75.8 Å². The van der Waals surface area contributed by atoms with Crippen molar-refractivity contribution in [1.29, 1.82) is 0 Å². The Morgan fingerprint density at radius 1 is 1.13 bits per heavy atom. The van der Waals surface area contributed by atoms with Crippen LogP contribution in [0.4, 0.5) is 9.18 Å². The van der Waals surface area contributed by atoms with E-state index in [1.54, 1.807) is 29.2 Å². The van der Waals surface area contributed by atoms with Gasteiger partial charge in [-0.3, -0.25) is 4.79 Å². The molecule has 1 fully saturated rings. The summed E-state index contributed by atoms with van der Waals surface area (Å²) in [6.45, 7) is 7.48. The van der Waals surface area contributed by atoms with Crippen LogP contribution in [0, 0.1) is 5.82 Å². The molecule has 3 aromatic rings. The molecule has 1 saturated carbocycles. The minimum absolute atomic E-state index is 0.166. The maximum absolute atomic E-state index is 13.2. The number of halogens is 2. The van der Waals surface area contributed by atoms with E-state index < -0.39 is 5.91 Å². The fraction of sp³-hybridized carbons (Fsp3) is 0.379. The average Bonchev–Trinajstić information content (AvgIpc) is 3.63. The third-order valence-electron chi connectivity index (χ3n) is 6.85. The van der Waals surface area contributed by atoms with Gasteiger partial charge < -0.3 is 25.3 Å². The van der Waals surface area contributed by atoms with Crippen molar-refractivity contribution in [2.24, 2.45) is 5.73 Å². The normalized spacial score (nSPS) is 15.2. The molecule has 0 atom stereocenters. The van der Waals surface area contributed by atoms with Crippen LogP contribution in [0.15, 0.2) is 42.5 Å². The maximum atomic E-state index is 13.2. The molecule has 1 aromatic heterocycles. The molecule has 1 aliphatic carbocycles.